The monoisotopic (exact) mass is 268 g/mol. The van der Waals surface area contributed by atoms with E-state index >= 15 is 0 Å². The Morgan fingerprint density at radius 2 is 2.28 bits per heavy atom. The number of pyridine rings is 1. The molecule has 0 aromatic carbocycles. The van der Waals surface area contributed by atoms with Crippen LogP contribution in [0.15, 0.2) is 18.3 Å². The Kier molecular flexibility index (Phi) is 4.33. The minimum atomic E-state index is 0.160. The Morgan fingerprint density at radius 1 is 1.50 bits per heavy atom. The van der Waals surface area contributed by atoms with Crippen LogP contribution in [-0.4, -0.2) is 23.5 Å². The van der Waals surface area contributed by atoms with Crippen molar-refractivity contribution in [1.82, 2.24) is 4.98 Å². The molecule has 18 heavy (non-hydrogen) atoms. The van der Waals surface area contributed by atoms with Gasteiger partial charge in [0, 0.05) is 18.6 Å². The third-order valence-corrected chi connectivity index (χ3v) is 3.54. The first kappa shape index (κ1) is 13.5. The van der Waals surface area contributed by atoms with E-state index in [0.29, 0.717) is 5.41 Å². The van der Waals surface area contributed by atoms with Gasteiger partial charge in [-0.25, -0.2) is 4.98 Å². The lowest BCUT2D eigenvalue weighted by atomic mass is 10.0. The molecule has 1 aliphatic carbocycles. The third kappa shape index (κ3) is 3.52. The van der Waals surface area contributed by atoms with Crippen LogP contribution >= 0.6 is 11.6 Å². The molecule has 0 aliphatic heterocycles. The summed E-state index contributed by atoms with van der Waals surface area (Å²) in [5.74, 6) is 2.40. The fourth-order valence-electron chi connectivity index (χ4n) is 2.04. The first-order valence-electron chi connectivity index (χ1n) is 6.57. The van der Waals surface area contributed by atoms with Crippen molar-refractivity contribution < 1.29 is 4.74 Å². The largest absolute Gasteiger partial charge is 0.487 e. The van der Waals surface area contributed by atoms with Gasteiger partial charge in [-0.2, -0.15) is 0 Å². The summed E-state index contributed by atoms with van der Waals surface area (Å²) in [7, 11) is 0. The van der Waals surface area contributed by atoms with E-state index in [4.69, 9.17) is 16.3 Å². The summed E-state index contributed by atoms with van der Waals surface area (Å²) in [6, 6.07) is 3.85. The van der Waals surface area contributed by atoms with Crippen LogP contribution in [0.25, 0.3) is 0 Å². The minimum Gasteiger partial charge on any atom is -0.487 e. The summed E-state index contributed by atoms with van der Waals surface area (Å²) >= 11 is 5.84. The number of nitrogens with zero attached hydrogens (tertiary/aromatic N) is 1. The quantitative estimate of drug-likeness (QED) is 0.766. The van der Waals surface area contributed by atoms with E-state index < -0.39 is 0 Å². The molecule has 2 rings (SSSR count). The summed E-state index contributed by atoms with van der Waals surface area (Å²) in [6.45, 7) is 4.98. The summed E-state index contributed by atoms with van der Waals surface area (Å²) < 4.78 is 5.74. The molecule has 1 aliphatic rings. The zero-order chi connectivity index (χ0) is 13.0. The summed E-state index contributed by atoms with van der Waals surface area (Å²) in [4.78, 5) is 4.35. The highest BCUT2D eigenvalue weighted by molar-refractivity contribution is 6.17. The number of ether oxygens (including phenoxy) is 1. The average molecular weight is 269 g/mol. The van der Waals surface area contributed by atoms with E-state index in [1.165, 1.54) is 12.8 Å². The molecule has 0 amide bonds. The maximum atomic E-state index is 5.84. The van der Waals surface area contributed by atoms with Crippen molar-refractivity contribution in [2.24, 2.45) is 5.41 Å². The van der Waals surface area contributed by atoms with Crippen LogP contribution < -0.4 is 10.1 Å². The Hall–Kier alpha value is -0.960. The number of hydrogen-bond donors (Lipinski definition) is 1. The number of hydrogen-bond acceptors (Lipinski definition) is 3. The molecule has 0 atom stereocenters. The molecule has 1 N–H and O–H groups in total. The van der Waals surface area contributed by atoms with Crippen LogP contribution in [0, 0.1) is 5.41 Å². The molecule has 0 spiro atoms. The topological polar surface area (TPSA) is 34.1 Å². The molecular formula is C14H21ClN2O. The second-order valence-electron chi connectivity index (χ2n) is 5.31. The van der Waals surface area contributed by atoms with Gasteiger partial charge >= 0.3 is 0 Å². The van der Waals surface area contributed by atoms with E-state index in [-0.39, 0.29) is 6.10 Å². The molecule has 0 bridgehead atoms. The van der Waals surface area contributed by atoms with Gasteiger partial charge in [0.25, 0.3) is 0 Å². The number of aromatic nitrogens is 1. The molecule has 100 valence electrons. The lowest BCUT2D eigenvalue weighted by Gasteiger charge is -2.18. The van der Waals surface area contributed by atoms with Crippen LogP contribution in [0.5, 0.6) is 5.75 Å². The van der Waals surface area contributed by atoms with Crippen molar-refractivity contribution >= 4 is 17.4 Å². The number of halogens is 1. The lowest BCUT2D eigenvalue weighted by molar-refractivity contribution is 0.242. The fraction of sp³-hybridized carbons (Fsp3) is 0.643. The van der Waals surface area contributed by atoms with Crippen LogP contribution in [0.2, 0.25) is 0 Å². The van der Waals surface area contributed by atoms with Gasteiger partial charge in [-0.15, -0.1) is 11.6 Å². The van der Waals surface area contributed by atoms with E-state index in [1.807, 2.05) is 26.0 Å². The second-order valence-corrected chi connectivity index (χ2v) is 5.69. The van der Waals surface area contributed by atoms with E-state index in [2.05, 4.69) is 10.3 Å². The van der Waals surface area contributed by atoms with Crippen LogP contribution in [0.1, 0.15) is 33.1 Å². The van der Waals surface area contributed by atoms with Crippen LogP contribution in [0.4, 0.5) is 5.82 Å². The van der Waals surface area contributed by atoms with Crippen molar-refractivity contribution in [3.05, 3.63) is 18.3 Å². The highest BCUT2D eigenvalue weighted by atomic mass is 35.5. The first-order chi connectivity index (χ1) is 8.65. The maximum absolute atomic E-state index is 5.84. The predicted molar refractivity (Wildman–Crippen MR) is 75.5 cm³/mol. The summed E-state index contributed by atoms with van der Waals surface area (Å²) in [6.07, 6.45) is 5.55. The van der Waals surface area contributed by atoms with Gasteiger partial charge in [0.15, 0.2) is 11.6 Å². The fourth-order valence-corrected chi connectivity index (χ4v) is 2.44. The zero-order valence-corrected chi connectivity index (χ0v) is 11.8. The lowest BCUT2D eigenvalue weighted by Crippen LogP contribution is -2.18. The molecule has 4 heteroatoms. The highest BCUT2D eigenvalue weighted by Crippen LogP contribution is 2.49. The van der Waals surface area contributed by atoms with Crippen molar-refractivity contribution in [1.29, 1.82) is 0 Å². The molecule has 1 heterocycles. The van der Waals surface area contributed by atoms with E-state index in [9.17, 15) is 0 Å². The second kappa shape index (κ2) is 5.79. The Balaban J connectivity index is 1.96. The molecule has 0 radical (unpaired) electrons. The normalized spacial score (nSPS) is 16.7. The molecule has 1 aromatic heterocycles. The van der Waals surface area contributed by atoms with Crippen LogP contribution in [-0.2, 0) is 0 Å². The third-order valence-electron chi connectivity index (χ3n) is 3.35. The van der Waals surface area contributed by atoms with E-state index in [1.54, 1.807) is 6.20 Å². The standard InChI is InChI=1S/C14H21ClN2O/c1-11(2)18-12-4-3-9-16-13(12)17-10-14(5-6-14)7-8-15/h3-4,9,11H,5-8,10H2,1-2H3,(H,16,17). The van der Waals surface area contributed by atoms with Gasteiger partial charge < -0.3 is 10.1 Å². The SMILES string of the molecule is CC(C)Oc1cccnc1NCC1(CCCl)CC1. The molecule has 0 saturated heterocycles. The van der Waals surface area contributed by atoms with Gasteiger partial charge in [-0.1, -0.05) is 0 Å². The maximum Gasteiger partial charge on any atom is 0.168 e. The Morgan fingerprint density at radius 3 is 2.89 bits per heavy atom. The summed E-state index contributed by atoms with van der Waals surface area (Å²) in [5, 5.41) is 3.41. The summed E-state index contributed by atoms with van der Waals surface area (Å²) in [5.41, 5.74) is 0.397. The van der Waals surface area contributed by atoms with Gasteiger partial charge in [0.1, 0.15) is 0 Å². The molecular weight excluding hydrogens is 248 g/mol. The molecule has 1 aromatic rings. The van der Waals surface area contributed by atoms with E-state index in [0.717, 1.165) is 30.4 Å². The van der Waals surface area contributed by atoms with Crippen molar-refractivity contribution in [3.8, 4) is 5.75 Å². The van der Waals surface area contributed by atoms with Crippen LogP contribution in [0.3, 0.4) is 0 Å². The number of alkyl halides is 1. The number of anilines is 1. The average Bonchev–Trinajstić information content (AvgIpc) is 3.08. The highest BCUT2D eigenvalue weighted by Gasteiger charge is 2.41. The zero-order valence-electron chi connectivity index (χ0n) is 11.1. The first-order valence-corrected chi connectivity index (χ1v) is 7.10. The Labute approximate surface area is 114 Å². The van der Waals surface area contributed by atoms with Gasteiger partial charge in [-0.3, -0.25) is 0 Å². The predicted octanol–water partition coefficient (Wildman–Crippen LogP) is 3.69. The molecule has 1 fully saturated rings. The number of nitrogens with one attached hydrogen (secondary N) is 1. The smallest absolute Gasteiger partial charge is 0.168 e. The minimum absolute atomic E-state index is 0.160. The van der Waals surface area contributed by atoms with Crippen molar-refractivity contribution in [2.75, 3.05) is 17.7 Å². The Bertz CT molecular complexity index is 391. The van der Waals surface area contributed by atoms with Crippen molar-refractivity contribution in [2.45, 2.75) is 39.2 Å². The van der Waals surface area contributed by atoms with Crippen molar-refractivity contribution in [3.63, 3.8) is 0 Å². The van der Waals surface area contributed by atoms with Gasteiger partial charge in [-0.05, 0) is 50.7 Å². The molecule has 3 nitrogen and oxygen atoms in total. The van der Waals surface area contributed by atoms with Gasteiger partial charge in [0.2, 0.25) is 0 Å². The number of rotatable bonds is 7. The molecule has 1 saturated carbocycles. The van der Waals surface area contributed by atoms with Gasteiger partial charge in [0.05, 0.1) is 6.10 Å². The molecule has 0 unspecified atom stereocenters.